The van der Waals surface area contributed by atoms with Crippen LogP contribution in [0.5, 0.6) is 5.75 Å². The highest BCUT2D eigenvalue weighted by molar-refractivity contribution is 5.89. The molecule has 0 aliphatic carbocycles. The van der Waals surface area contributed by atoms with Crippen molar-refractivity contribution < 1.29 is 9.53 Å². The zero-order valence-electron chi connectivity index (χ0n) is 12.6. The van der Waals surface area contributed by atoms with Gasteiger partial charge in [-0.05, 0) is 30.2 Å². The van der Waals surface area contributed by atoms with E-state index in [0.717, 1.165) is 11.1 Å². The number of amides is 2. The molecule has 0 spiro atoms. The summed E-state index contributed by atoms with van der Waals surface area (Å²) in [5, 5.41) is 5.60. The summed E-state index contributed by atoms with van der Waals surface area (Å²) in [5.74, 6) is 0.698. The summed E-state index contributed by atoms with van der Waals surface area (Å²) in [6.45, 7) is 6.64. The highest BCUT2D eigenvalue weighted by Gasteiger charge is 2.03. The van der Waals surface area contributed by atoms with Crippen molar-refractivity contribution in [1.29, 1.82) is 0 Å². The predicted octanol–water partition coefficient (Wildman–Crippen LogP) is 3.96. The summed E-state index contributed by atoms with van der Waals surface area (Å²) in [6, 6.07) is 16.8. The molecule has 2 aromatic rings. The Labute approximate surface area is 130 Å². The van der Waals surface area contributed by atoms with Crippen molar-refractivity contribution in [1.82, 2.24) is 5.32 Å². The number of nitrogens with one attached hydrogen (secondary N) is 2. The summed E-state index contributed by atoms with van der Waals surface area (Å²) in [7, 11) is 0. The Morgan fingerprint density at radius 3 is 2.64 bits per heavy atom. The van der Waals surface area contributed by atoms with Gasteiger partial charge in [0, 0.05) is 18.3 Å². The molecule has 0 aliphatic rings. The van der Waals surface area contributed by atoms with Gasteiger partial charge < -0.3 is 15.4 Å². The molecule has 0 radical (unpaired) electrons. The SMILES string of the molecule is C=C(C)COc1cccc(NC(=O)NCc2ccccc2)c1. The van der Waals surface area contributed by atoms with Crippen LogP contribution in [0.25, 0.3) is 0 Å². The monoisotopic (exact) mass is 296 g/mol. The molecule has 0 heterocycles. The quantitative estimate of drug-likeness (QED) is 0.793. The summed E-state index contributed by atoms with van der Waals surface area (Å²) < 4.78 is 5.55. The third kappa shape index (κ3) is 5.32. The van der Waals surface area contributed by atoms with Crippen LogP contribution in [0.2, 0.25) is 0 Å². The maximum absolute atomic E-state index is 11.9. The molecule has 0 aromatic heterocycles. The van der Waals surface area contributed by atoms with Crippen LogP contribution in [0.4, 0.5) is 10.5 Å². The molecule has 0 fully saturated rings. The summed E-state index contributed by atoms with van der Waals surface area (Å²) >= 11 is 0. The molecule has 0 unspecified atom stereocenters. The molecule has 0 saturated carbocycles. The molecule has 114 valence electrons. The fourth-order valence-electron chi connectivity index (χ4n) is 1.82. The Morgan fingerprint density at radius 2 is 1.91 bits per heavy atom. The molecule has 22 heavy (non-hydrogen) atoms. The van der Waals surface area contributed by atoms with Gasteiger partial charge in [0.1, 0.15) is 12.4 Å². The van der Waals surface area contributed by atoms with Gasteiger partial charge in [0.05, 0.1) is 0 Å². The van der Waals surface area contributed by atoms with Crippen molar-refractivity contribution in [3.63, 3.8) is 0 Å². The maximum Gasteiger partial charge on any atom is 0.319 e. The fraction of sp³-hybridized carbons (Fsp3) is 0.167. The minimum absolute atomic E-state index is 0.249. The number of anilines is 1. The second-order valence-corrected chi connectivity index (χ2v) is 5.07. The van der Waals surface area contributed by atoms with Gasteiger partial charge in [-0.25, -0.2) is 4.79 Å². The summed E-state index contributed by atoms with van der Waals surface area (Å²) in [6.07, 6.45) is 0. The van der Waals surface area contributed by atoms with Crippen LogP contribution < -0.4 is 15.4 Å². The lowest BCUT2D eigenvalue weighted by atomic mass is 10.2. The molecule has 4 heteroatoms. The van der Waals surface area contributed by atoms with E-state index in [9.17, 15) is 4.79 Å². The van der Waals surface area contributed by atoms with E-state index in [-0.39, 0.29) is 6.03 Å². The zero-order chi connectivity index (χ0) is 15.8. The van der Waals surface area contributed by atoms with E-state index in [0.29, 0.717) is 24.6 Å². The second kappa shape index (κ2) is 7.88. The molecular weight excluding hydrogens is 276 g/mol. The van der Waals surface area contributed by atoms with Crippen molar-refractivity contribution in [3.8, 4) is 5.75 Å². The normalized spacial score (nSPS) is 9.86. The number of hydrogen-bond donors (Lipinski definition) is 2. The molecule has 0 saturated heterocycles. The van der Waals surface area contributed by atoms with Crippen LogP contribution in [-0.2, 0) is 6.54 Å². The number of urea groups is 1. The van der Waals surface area contributed by atoms with E-state index >= 15 is 0 Å². The topological polar surface area (TPSA) is 50.4 Å². The van der Waals surface area contributed by atoms with Gasteiger partial charge in [-0.15, -0.1) is 0 Å². The lowest BCUT2D eigenvalue weighted by Gasteiger charge is -2.10. The van der Waals surface area contributed by atoms with Crippen molar-refractivity contribution in [3.05, 3.63) is 72.3 Å². The van der Waals surface area contributed by atoms with Crippen LogP contribution in [0.3, 0.4) is 0 Å². The third-order valence-corrected chi connectivity index (χ3v) is 2.87. The van der Waals surface area contributed by atoms with E-state index < -0.39 is 0 Å². The van der Waals surface area contributed by atoms with Crippen molar-refractivity contribution in [2.75, 3.05) is 11.9 Å². The van der Waals surface area contributed by atoms with E-state index in [1.165, 1.54) is 0 Å². The van der Waals surface area contributed by atoms with Gasteiger partial charge in [0.15, 0.2) is 0 Å². The Morgan fingerprint density at radius 1 is 1.14 bits per heavy atom. The fourth-order valence-corrected chi connectivity index (χ4v) is 1.82. The smallest absolute Gasteiger partial charge is 0.319 e. The van der Waals surface area contributed by atoms with Gasteiger partial charge in [-0.2, -0.15) is 0 Å². The van der Waals surface area contributed by atoms with Gasteiger partial charge in [-0.3, -0.25) is 0 Å². The van der Waals surface area contributed by atoms with Crippen LogP contribution >= 0.6 is 0 Å². The number of ether oxygens (including phenoxy) is 1. The molecule has 2 rings (SSSR count). The highest BCUT2D eigenvalue weighted by atomic mass is 16.5. The minimum Gasteiger partial charge on any atom is -0.489 e. The first kappa shape index (κ1) is 15.6. The van der Waals surface area contributed by atoms with Gasteiger partial charge >= 0.3 is 6.03 Å². The lowest BCUT2D eigenvalue weighted by Crippen LogP contribution is -2.28. The predicted molar refractivity (Wildman–Crippen MR) is 89.1 cm³/mol. The Bertz CT molecular complexity index is 639. The number of rotatable bonds is 6. The molecule has 2 amide bonds. The van der Waals surface area contributed by atoms with Crippen molar-refractivity contribution in [2.24, 2.45) is 0 Å². The average Bonchev–Trinajstić information content (AvgIpc) is 2.52. The lowest BCUT2D eigenvalue weighted by molar-refractivity contribution is 0.251. The zero-order valence-corrected chi connectivity index (χ0v) is 12.6. The Hall–Kier alpha value is -2.75. The first-order valence-corrected chi connectivity index (χ1v) is 7.09. The van der Waals surface area contributed by atoms with Crippen LogP contribution in [-0.4, -0.2) is 12.6 Å². The van der Waals surface area contributed by atoms with Gasteiger partial charge in [0.25, 0.3) is 0 Å². The number of hydrogen-bond acceptors (Lipinski definition) is 2. The molecule has 2 aromatic carbocycles. The van der Waals surface area contributed by atoms with Gasteiger partial charge in [-0.1, -0.05) is 43.0 Å². The highest BCUT2D eigenvalue weighted by Crippen LogP contribution is 2.17. The number of carbonyl (C=O) groups is 1. The third-order valence-electron chi connectivity index (χ3n) is 2.87. The summed E-state index contributed by atoms with van der Waals surface area (Å²) in [4.78, 5) is 11.9. The van der Waals surface area contributed by atoms with E-state index in [1.807, 2.05) is 55.5 Å². The van der Waals surface area contributed by atoms with Gasteiger partial charge in [0.2, 0.25) is 0 Å². The molecule has 4 nitrogen and oxygen atoms in total. The first-order valence-electron chi connectivity index (χ1n) is 7.09. The molecule has 2 N–H and O–H groups in total. The van der Waals surface area contributed by atoms with Crippen molar-refractivity contribution in [2.45, 2.75) is 13.5 Å². The Balaban J connectivity index is 1.85. The summed E-state index contributed by atoms with van der Waals surface area (Å²) in [5.41, 5.74) is 2.68. The van der Waals surface area contributed by atoms with E-state index in [1.54, 1.807) is 6.07 Å². The standard InChI is InChI=1S/C18H20N2O2/c1-14(2)13-22-17-10-6-9-16(11-17)20-18(21)19-12-15-7-4-3-5-8-15/h3-11H,1,12-13H2,2H3,(H2,19,20,21). The van der Waals surface area contributed by atoms with Crippen LogP contribution in [0.1, 0.15) is 12.5 Å². The molecule has 0 bridgehead atoms. The largest absolute Gasteiger partial charge is 0.489 e. The maximum atomic E-state index is 11.9. The van der Waals surface area contributed by atoms with E-state index in [2.05, 4.69) is 17.2 Å². The molecular formula is C18H20N2O2. The molecule has 0 aliphatic heterocycles. The Kier molecular flexibility index (Phi) is 5.60. The average molecular weight is 296 g/mol. The van der Waals surface area contributed by atoms with Crippen LogP contribution in [0.15, 0.2) is 66.7 Å². The van der Waals surface area contributed by atoms with Crippen molar-refractivity contribution >= 4 is 11.7 Å². The number of carbonyl (C=O) groups excluding carboxylic acids is 1. The first-order chi connectivity index (χ1) is 10.6. The van der Waals surface area contributed by atoms with E-state index in [4.69, 9.17) is 4.74 Å². The minimum atomic E-state index is -0.249. The second-order valence-electron chi connectivity index (χ2n) is 5.07. The molecule has 0 atom stereocenters. The number of benzene rings is 2. The van der Waals surface area contributed by atoms with Crippen LogP contribution in [0, 0.1) is 0 Å².